The van der Waals surface area contributed by atoms with E-state index >= 15 is 0 Å². The van der Waals surface area contributed by atoms with Crippen LogP contribution in [-0.2, 0) is 0 Å². The van der Waals surface area contributed by atoms with Gasteiger partial charge in [0, 0.05) is 49.4 Å². The fourth-order valence-electron chi connectivity index (χ4n) is 9.04. The highest BCUT2D eigenvalue weighted by Crippen LogP contribution is 2.42. The van der Waals surface area contributed by atoms with E-state index in [4.69, 9.17) is 9.97 Å². The summed E-state index contributed by atoms with van der Waals surface area (Å²) in [5.74, 6) is 0.696. The van der Waals surface area contributed by atoms with E-state index in [9.17, 15) is 0 Å². The maximum absolute atomic E-state index is 5.30. The molecule has 0 spiro atoms. The number of fused-ring (bicyclic) bond motifs is 9. The van der Waals surface area contributed by atoms with Gasteiger partial charge in [-0.25, -0.2) is 9.97 Å². The van der Waals surface area contributed by atoms with Crippen molar-refractivity contribution in [3.8, 4) is 45.1 Å². The molecule has 0 aliphatic heterocycles. The van der Waals surface area contributed by atoms with Crippen LogP contribution in [-0.4, -0.2) is 19.1 Å². The molecular weight excluding hydrogens is 705 g/mol. The minimum atomic E-state index is 0.696. The number of para-hydroxylation sites is 3. The van der Waals surface area contributed by atoms with E-state index in [1.165, 1.54) is 54.5 Å². The van der Waals surface area contributed by atoms with Gasteiger partial charge in [0.1, 0.15) is 0 Å². The Labute approximate surface area is 334 Å². The first-order valence-electron chi connectivity index (χ1n) is 19.7. The molecule has 0 bridgehead atoms. The van der Waals surface area contributed by atoms with Gasteiger partial charge in [-0.05, 0) is 76.5 Å². The molecule has 12 aromatic rings. The predicted octanol–water partition coefficient (Wildman–Crippen LogP) is 14.0. The van der Waals surface area contributed by atoms with Gasteiger partial charge in [0.2, 0.25) is 0 Å². The highest BCUT2D eigenvalue weighted by Gasteiger charge is 2.20. The van der Waals surface area contributed by atoms with Crippen molar-refractivity contribution in [2.24, 2.45) is 0 Å². The van der Waals surface area contributed by atoms with Crippen LogP contribution < -0.4 is 0 Å². The molecule has 3 heterocycles. The van der Waals surface area contributed by atoms with Crippen LogP contribution in [0.1, 0.15) is 0 Å². The van der Waals surface area contributed by atoms with Crippen molar-refractivity contribution in [1.82, 2.24) is 19.1 Å². The second-order valence-electron chi connectivity index (χ2n) is 15.0. The Balaban J connectivity index is 1.07. The normalized spacial score (nSPS) is 11.8. The summed E-state index contributed by atoms with van der Waals surface area (Å²) in [4.78, 5) is 10.5. The number of hydrogen-bond acceptors (Lipinski definition) is 2. The Bertz CT molecular complexity index is 3540. The van der Waals surface area contributed by atoms with Gasteiger partial charge in [0.05, 0.1) is 33.3 Å². The van der Waals surface area contributed by atoms with Crippen molar-refractivity contribution in [2.45, 2.75) is 0 Å². The minimum Gasteiger partial charge on any atom is -0.309 e. The third-order valence-electron chi connectivity index (χ3n) is 11.7. The molecule has 0 aliphatic rings. The zero-order chi connectivity index (χ0) is 38.2. The Morgan fingerprint density at radius 2 is 0.931 bits per heavy atom. The summed E-state index contributed by atoms with van der Waals surface area (Å²) in [7, 11) is 0. The highest BCUT2D eigenvalue weighted by atomic mass is 15.0. The summed E-state index contributed by atoms with van der Waals surface area (Å²) in [5.41, 5.74) is 13.1. The smallest absolute Gasteiger partial charge is 0.160 e. The molecule has 4 heteroatoms. The topological polar surface area (TPSA) is 35.6 Å². The number of hydrogen-bond donors (Lipinski definition) is 0. The molecule has 3 aromatic heterocycles. The lowest BCUT2D eigenvalue weighted by molar-refractivity contribution is 1.16. The maximum Gasteiger partial charge on any atom is 0.160 e. The van der Waals surface area contributed by atoms with Crippen LogP contribution in [0, 0.1) is 0 Å². The summed E-state index contributed by atoms with van der Waals surface area (Å²) >= 11 is 0. The van der Waals surface area contributed by atoms with Crippen molar-refractivity contribution in [3.05, 3.63) is 206 Å². The maximum atomic E-state index is 5.30. The number of benzene rings is 9. The molecular formula is C54H34N4. The van der Waals surface area contributed by atoms with Gasteiger partial charge in [-0.2, -0.15) is 0 Å². The van der Waals surface area contributed by atoms with Gasteiger partial charge in [-0.1, -0.05) is 152 Å². The number of nitrogens with zero attached hydrogens (tertiary/aromatic N) is 4. The molecule has 0 radical (unpaired) electrons. The second-order valence-corrected chi connectivity index (χ2v) is 15.0. The van der Waals surface area contributed by atoms with Gasteiger partial charge in [-0.3, -0.25) is 0 Å². The fourth-order valence-corrected chi connectivity index (χ4v) is 9.04. The summed E-state index contributed by atoms with van der Waals surface area (Å²) < 4.78 is 4.83. The predicted molar refractivity (Wildman–Crippen MR) is 242 cm³/mol. The number of rotatable bonds is 5. The molecule has 0 N–H and O–H groups in total. The van der Waals surface area contributed by atoms with Crippen molar-refractivity contribution in [3.63, 3.8) is 0 Å². The standard InChI is InChI=1S/C54H34N4/c1-3-14-35(15-4-1)36-26-28-38(29-27-36)53-44-23-9-11-24-47(44)55-54(56-53)39-17-13-20-41(32-39)58-48-25-12-10-22-43(48)45-33-46-51(34-50(45)58)57(40-18-5-2-6-19-40)49-31-30-37-16-7-8-21-42(37)52(46)49/h1-34H. The van der Waals surface area contributed by atoms with Gasteiger partial charge in [0.25, 0.3) is 0 Å². The summed E-state index contributed by atoms with van der Waals surface area (Å²) in [6, 6.07) is 73.8. The van der Waals surface area contributed by atoms with E-state index in [0.29, 0.717) is 5.82 Å². The Kier molecular flexibility index (Phi) is 7.20. The average molecular weight is 739 g/mol. The Hall–Kier alpha value is -7.82. The van der Waals surface area contributed by atoms with Crippen LogP contribution in [0.15, 0.2) is 206 Å². The van der Waals surface area contributed by atoms with Crippen molar-refractivity contribution < 1.29 is 0 Å². The van der Waals surface area contributed by atoms with Crippen LogP contribution in [0.3, 0.4) is 0 Å². The zero-order valence-electron chi connectivity index (χ0n) is 31.4. The van der Waals surface area contributed by atoms with Crippen LogP contribution >= 0.6 is 0 Å². The van der Waals surface area contributed by atoms with E-state index < -0.39 is 0 Å². The Morgan fingerprint density at radius 1 is 0.310 bits per heavy atom. The summed E-state index contributed by atoms with van der Waals surface area (Å²) in [6.07, 6.45) is 0. The van der Waals surface area contributed by atoms with E-state index in [-0.39, 0.29) is 0 Å². The first-order chi connectivity index (χ1) is 28.8. The molecule has 0 saturated heterocycles. The molecule has 0 unspecified atom stereocenters. The third kappa shape index (κ3) is 5.02. The van der Waals surface area contributed by atoms with E-state index in [0.717, 1.165) is 50.1 Å². The largest absolute Gasteiger partial charge is 0.309 e. The van der Waals surface area contributed by atoms with Gasteiger partial charge >= 0.3 is 0 Å². The minimum absolute atomic E-state index is 0.696. The Morgan fingerprint density at radius 3 is 1.78 bits per heavy atom. The van der Waals surface area contributed by atoms with Crippen LogP contribution in [0.4, 0.5) is 0 Å². The van der Waals surface area contributed by atoms with Crippen LogP contribution in [0.25, 0.3) is 110 Å². The molecule has 12 rings (SSSR count). The van der Waals surface area contributed by atoms with Gasteiger partial charge in [-0.15, -0.1) is 0 Å². The van der Waals surface area contributed by atoms with E-state index in [1.54, 1.807) is 0 Å². The van der Waals surface area contributed by atoms with Crippen molar-refractivity contribution in [1.29, 1.82) is 0 Å². The van der Waals surface area contributed by atoms with E-state index in [1.807, 2.05) is 6.07 Å². The van der Waals surface area contributed by atoms with E-state index in [2.05, 4.69) is 209 Å². The quantitative estimate of drug-likeness (QED) is 0.176. The molecule has 0 saturated carbocycles. The molecule has 0 atom stereocenters. The molecule has 4 nitrogen and oxygen atoms in total. The van der Waals surface area contributed by atoms with Crippen LogP contribution in [0.5, 0.6) is 0 Å². The lowest BCUT2D eigenvalue weighted by Gasteiger charge is -2.13. The highest BCUT2D eigenvalue weighted by molar-refractivity contribution is 6.25. The molecule has 0 amide bonds. The summed E-state index contributed by atoms with van der Waals surface area (Å²) in [6.45, 7) is 0. The monoisotopic (exact) mass is 738 g/mol. The number of aromatic nitrogens is 4. The molecule has 270 valence electrons. The third-order valence-corrected chi connectivity index (χ3v) is 11.7. The molecule has 0 aliphatic carbocycles. The van der Waals surface area contributed by atoms with Gasteiger partial charge < -0.3 is 9.13 Å². The lowest BCUT2D eigenvalue weighted by atomic mass is 10.0. The van der Waals surface area contributed by atoms with Crippen molar-refractivity contribution >= 4 is 65.3 Å². The first kappa shape index (κ1) is 32.4. The SMILES string of the molecule is c1ccc(-c2ccc(-c3nc(-c4cccc(-n5c6ccccc6c6cc7c8c9ccccc9ccc8n(-c8ccccc8)c7cc65)c4)nc4ccccc34)cc2)cc1. The zero-order valence-corrected chi connectivity index (χ0v) is 31.4. The molecule has 9 aromatic carbocycles. The lowest BCUT2D eigenvalue weighted by Crippen LogP contribution is -1.98. The fraction of sp³-hybridized carbons (Fsp3) is 0. The molecule has 0 fully saturated rings. The molecule has 58 heavy (non-hydrogen) atoms. The first-order valence-corrected chi connectivity index (χ1v) is 19.7. The van der Waals surface area contributed by atoms with Crippen molar-refractivity contribution in [2.75, 3.05) is 0 Å². The second kappa shape index (κ2) is 12.9. The average Bonchev–Trinajstić information content (AvgIpc) is 3.80. The summed E-state index contributed by atoms with van der Waals surface area (Å²) in [5, 5.41) is 8.49. The van der Waals surface area contributed by atoms with Gasteiger partial charge in [0.15, 0.2) is 5.82 Å². The van der Waals surface area contributed by atoms with Crippen LogP contribution in [0.2, 0.25) is 0 Å².